The van der Waals surface area contributed by atoms with Gasteiger partial charge in [-0.3, -0.25) is 4.68 Å². The van der Waals surface area contributed by atoms with E-state index in [2.05, 4.69) is 5.10 Å². The first kappa shape index (κ1) is 14.4. The van der Waals surface area contributed by atoms with Crippen LogP contribution in [0.2, 0.25) is 5.02 Å². The Kier molecular flexibility index (Phi) is 3.73. The summed E-state index contributed by atoms with van der Waals surface area (Å²) in [6.07, 6.45) is 1.71. The van der Waals surface area contributed by atoms with Crippen LogP contribution >= 0.6 is 11.6 Å². The molecule has 0 saturated carbocycles. The number of carbonyl (C=O) groups is 1. The fourth-order valence-corrected chi connectivity index (χ4v) is 2.48. The Morgan fingerprint density at radius 2 is 2.14 bits per heavy atom. The summed E-state index contributed by atoms with van der Waals surface area (Å²) >= 11 is 5.96. The van der Waals surface area contributed by atoms with E-state index in [0.29, 0.717) is 22.7 Å². The van der Waals surface area contributed by atoms with Gasteiger partial charge in [-0.05, 0) is 30.3 Å². The van der Waals surface area contributed by atoms with Gasteiger partial charge in [0.15, 0.2) is 0 Å². The van der Waals surface area contributed by atoms with Gasteiger partial charge < -0.3 is 9.84 Å². The van der Waals surface area contributed by atoms with Crippen LogP contribution in [0.1, 0.15) is 15.9 Å². The molecular weight excluding hydrogens is 304 g/mol. The molecule has 0 spiro atoms. The molecule has 5 nitrogen and oxygen atoms in total. The highest BCUT2D eigenvalue weighted by atomic mass is 35.5. The largest absolute Gasteiger partial charge is 0.508 e. The van der Waals surface area contributed by atoms with E-state index in [-0.39, 0.29) is 5.75 Å². The number of phenolic OH excluding ortho intramolecular Hbond substituents is 1. The van der Waals surface area contributed by atoms with E-state index < -0.39 is 5.97 Å². The number of methoxy groups -OCH3 is 1. The van der Waals surface area contributed by atoms with Crippen molar-refractivity contribution in [2.75, 3.05) is 7.11 Å². The number of carbonyl (C=O) groups excluding carboxylic acids is 1. The zero-order valence-corrected chi connectivity index (χ0v) is 12.5. The van der Waals surface area contributed by atoms with Crippen LogP contribution in [0, 0.1) is 0 Å². The zero-order valence-electron chi connectivity index (χ0n) is 11.8. The van der Waals surface area contributed by atoms with Gasteiger partial charge in [-0.2, -0.15) is 5.10 Å². The topological polar surface area (TPSA) is 64.3 Å². The molecule has 0 aliphatic rings. The Balaban J connectivity index is 2.03. The van der Waals surface area contributed by atoms with E-state index in [1.165, 1.54) is 7.11 Å². The van der Waals surface area contributed by atoms with Gasteiger partial charge in [-0.15, -0.1) is 0 Å². The summed E-state index contributed by atoms with van der Waals surface area (Å²) in [5.41, 5.74) is 1.88. The second-order valence-electron chi connectivity index (χ2n) is 4.84. The number of ether oxygens (including phenoxy) is 1. The maximum atomic E-state index is 11.6. The number of fused-ring (bicyclic) bond motifs is 1. The van der Waals surface area contributed by atoms with Crippen LogP contribution in [-0.2, 0) is 11.3 Å². The highest BCUT2D eigenvalue weighted by Crippen LogP contribution is 2.24. The van der Waals surface area contributed by atoms with E-state index in [0.717, 1.165) is 10.9 Å². The normalized spacial score (nSPS) is 10.8. The molecule has 112 valence electrons. The molecule has 1 heterocycles. The fraction of sp³-hybridized carbons (Fsp3) is 0.125. The highest BCUT2D eigenvalue weighted by Gasteiger charge is 2.11. The molecule has 0 amide bonds. The molecule has 3 aromatic rings. The van der Waals surface area contributed by atoms with Crippen LogP contribution in [0.5, 0.6) is 5.75 Å². The van der Waals surface area contributed by atoms with Crippen LogP contribution in [0.25, 0.3) is 10.9 Å². The lowest BCUT2D eigenvalue weighted by Gasteiger charge is -2.07. The van der Waals surface area contributed by atoms with Crippen molar-refractivity contribution in [1.29, 1.82) is 0 Å². The van der Waals surface area contributed by atoms with Gasteiger partial charge in [0.1, 0.15) is 5.75 Å². The van der Waals surface area contributed by atoms with Crippen molar-refractivity contribution in [3.8, 4) is 5.75 Å². The van der Waals surface area contributed by atoms with Crippen LogP contribution in [0.3, 0.4) is 0 Å². The minimum atomic E-state index is -0.403. The van der Waals surface area contributed by atoms with Gasteiger partial charge in [0.05, 0.1) is 30.9 Å². The third-order valence-corrected chi connectivity index (χ3v) is 3.66. The number of nitrogens with zero attached hydrogens (tertiary/aromatic N) is 2. The second kappa shape index (κ2) is 5.69. The maximum absolute atomic E-state index is 11.6. The van der Waals surface area contributed by atoms with Crippen molar-refractivity contribution in [2.24, 2.45) is 0 Å². The number of hydrogen-bond acceptors (Lipinski definition) is 4. The molecule has 3 rings (SSSR count). The first-order chi connectivity index (χ1) is 10.6. The van der Waals surface area contributed by atoms with Gasteiger partial charge in [-0.25, -0.2) is 4.79 Å². The van der Waals surface area contributed by atoms with E-state index >= 15 is 0 Å². The average Bonchev–Trinajstić information content (AvgIpc) is 2.92. The van der Waals surface area contributed by atoms with Gasteiger partial charge >= 0.3 is 5.97 Å². The summed E-state index contributed by atoms with van der Waals surface area (Å²) in [7, 11) is 1.34. The lowest BCUT2D eigenvalue weighted by Crippen LogP contribution is -2.04. The first-order valence-electron chi connectivity index (χ1n) is 6.60. The summed E-state index contributed by atoms with van der Waals surface area (Å²) in [6, 6.07) is 10.1. The Labute approximate surface area is 131 Å². The molecule has 0 fully saturated rings. The molecule has 0 radical (unpaired) electrons. The summed E-state index contributed by atoms with van der Waals surface area (Å²) < 4.78 is 6.43. The predicted molar refractivity (Wildman–Crippen MR) is 83.3 cm³/mol. The Morgan fingerprint density at radius 3 is 2.91 bits per heavy atom. The minimum Gasteiger partial charge on any atom is -0.508 e. The predicted octanol–water partition coefficient (Wildman–Crippen LogP) is 3.23. The van der Waals surface area contributed by atoms with Gasteiger partial charge in [0.2, 0.25) is 0 Å². The highest BCUT2D eigenvalue weighted by molar-refractivity contribution is 6.30. The quantitative estimate of drug-likeness (QED) is 0.753. The molecule has 6 heteroatoms. The van der Waals surface area contributed by atoms with Crippen molar-refractivity contribution >= 4 is 28.5 Å². The third-order valence-electron chi connectivity index (χ3n) is 3.43. The summed E-state index contributed by atoms with van der Waals surface area (Å²) in [5.74, 6) is -0.252. The van der Waals surface area contributed by atoms with E-state index in [4.69, 9.17) is 16.3 Å². The number of halogens is 1. The first-order valence-corrected chi connectivity index (χ1v) is 6.97. The SMILES string of the molecule is COC(=O)c1ccc2cnn(Cc3cc(Cl)ccc3O)c2c1. The van der Waals surface area contributed by atoms with Gasteiger partial charge in [-0.1, -0.05) is 17.7 Å². The number of esters is 1. The lowest BCUT2D eigenvalue weighted by atomic mass is 10.1. The van der Waals surface area contributed by atoms with Crippen LogP contribution in [0.4, 0.5) is 0 Å². The van der Waals surface area contributed by atoms with Crippen molar-refractivity contribution in [3.63, 3.8) is 0 Å². The summed E-state index contributed by atoms with van der Waals surface area (Å²) in [4.78, 5) is 11.6. The summed E-state index contributed by atoms with van der Waals surface area (Å²) in [5, 5.41) is 15.6. The van der Waals surface area contributed by atoms with E-state index in [9.17, 15) is 9.90 Å². The third kappa shape index (κ3) is 2.63. The van der Waals surface area contributed by atoms with Crippen LogP contribution in [-0.4, -0.2) is 28.0 Å². The maximum Gasteiger partial charge on any atom is 0.337 e. The number of benzene rings is 2. The van der Waals surface area contributed by atoms with Gasteiger partial charge in [0, 0.05) is 16.0 Å². The van der Waals surface area contributed by atoms with Crippen molar-refractivity contribution in [2.45, 2.75) is 6.54 Å². The Morgan fingerprint density at radius 1 is 1.32 bits per heavy atom. The minimum absolute atomic E-state index is 0.150. The molecule has 0 bridgehead atoms. The molecule has 0 atom stereocenters. The standard InChI is InChI=1S/C16H13ClN2O3/c1-22-16(21)10-2-3-11-8-18-19(14(11)7-10)9-12-6-13(17)4-5-15(12)20/h2-8,20H,9H2,1H3. The average molecular weight is 317 g/mol. The molecule has 1 aromatic heterocycles. The number of rotatable bonds is 3. The molecule has 0 aliphatic heterocycles. The molecule has 0 aliphatic carbocycles. The summed E-state index contributed by atoms with van der Waals surface area (Å²) in [6.45, 7) is 0.348. The Hall–Kier alpha value is -2.53. The molecule has 2 aromatic carbocycles. The second-order valence-corrected chi connectivity index (χ2v) is 5.28. The Bertz CT molecular complexity index is 858. The molecule has 0 unspecified atom stereocenters. The molecule has 0 saturated heterocycles. The fourth-order valence-electron chi connectivity index (χ4n) is 2.28. The number of aromatic hydroxyl groups is 1. The van der Waals surface area contributed by atoms with Crippen LogP contribution in [0.15, 0.2) is 42.6 Å². The zero-order chi connectivity index (χ0) is 15.7. The number of aromatic nitrogens is 2. The molecule has 1 N–H and O–H groups in total. The smallest absolute Gasteiger partial charge is 0.337 e. The van der Waals surface area contributed by atoms with E-state index in [1.807, 2.05) is 6.07 Å². The van der Waals surface area contributed by atoms with Crippen molar-refractivity contribution in [3.05, 3.63) is 58.7 Å². The monoisotopic (exact) mass is 316 g/mol. The van der Waals surface area contributed by atoms with Crippen molar-refractivity contribution in [1.82, 2.24) is 9.78 Å². The van der Waals surface area contributed by atoms with E-state index in [1.54, 1.807) is 41.2 Å². The lowest BCUT2D eigenvalue weighted by molar-refractivity contribution is 0.0601. The van der Waals surface area contributed by atoms with Gasteiger partial charge in [0.25, 0.3) is 0 Å². The molecular formula is C16H13ClN2O3. The van der Waals surface area contributed by atoms with Crippen molar-refractivity contribution < 1.29 is 14.6 Å². The number of phenols is 1. The molecule has 22 heavy (non-hydrogen) atoms. The van der Waals surface area contributed by atoms with Crippen LogP contribution < -0.4 is 0 Å². The number of hydrogen-bond donors (Lipinski definition) is 1.